The summed E-state index contributed by atoms with van der Waals surface area (Å²) in [5, 5.41) is 2.38. The van der Waals surface area contributed by atoms with Crippen LogP contribution >= 0.6 is 0 Å². The second kappa shape index (κ2) is 4.73. The molecule has 0 unspecified atom stereocenters. The molecule has 23 heavy (non-hydrogen) atoms. The van der Waals surface area contributed by atoms with Gasteiger partial charge in [0.15, 0.2) is 0 Å². The number of hydrogen-bond acceptors (Lipinski definition) is 3. The molecule has 2 aromatic heterocycles. The molecule has 5 rings (SSSR count). The quantitative estimate of drug-likeness (QED) is 0.570. The van der Waals surface area contributed by atoms with Crippen LogP contribution in [0.1, 0.15) is 53.7 Å². The van der Waals surface area contributed by atoms with E-state index in [1.54, 1.807) is 0 Å². The molecule has 0 N–H and O–H groups in total. The van der Waals surface area contributed by atoms with Crippen LogP contribution in [0.5, 0.6) is 0 Å². The van der Waals surface area contributed by atoms with E-state index in [9.17, 15) is 4.79 Å². The SMILES string of the molecule is Cc1c2oc3c(c2cc2c4c(c(=O)oc12)CCCC4)CCCC3. The highest BCUT2D eigenvalue weighted by molar-refractivity contribution is 6.00. The van der Waals surface area contributed by atoms with Crippen LogP contribution in [0.3, 0.4) is 0 Å². The topological polar surface area (TPSA) is 43.4 Å². The molecular weight excluding hydrogens is 288 g/mol. The molecule has 0 atom stereocenters. The molecule has 2 heterocycles. The van der Waals surface area contributed by atoms with Crippen LogP contribution in [0.15, 0.2) is 19.7 Å². The molecule has 0 amide bonds. The van der Waals surface area contributed by atoms with E-state index in [1.165, 1.54) is 29.4 Å². The minimum Gasteiger partial charge on any atom is -0.460 e. The third kappa shape index (κ3) is 1.79. The van der Waals surface area contributed by atoms with Crippen LogP contribution in [-0.2, 0) is 25.7 Å². The molecule has 0 fully saturated rings. The summed E-state index contributed by atoms with van der Waals surface area (Å²) in [6, 6.07) is 2.23. The Morgan fingerprint density at radius 1 is 0.783 bits per heavy atom. The second-order valence-electron chi connectivity index (χ2n) is 7.02. The van der Waals surface area contributed by atoms with Gasteiger partial charge in [0.25, 0.3) is 0 Å². The summed E-state index contributed by atoms with van der Waals surface area (Å²) in [5.41, 5.74) is 5.99. The molecule has 0 aliphatic heterocycles. The van der Waals surface area contributed by atoms with E-state index in [-0.39, 0.29) is 5.63 Å². The van der Waals surface area contributed by atoms with Gasteiger partial charge in [0.1, 0.15) is 16.9 Å². The first-order valence-corrected chi connectivity index (χ1v) is 8.76. The molecule has 3 aromatic rings. The van der Waals surface area contributed by atoms with Crippen molar-refractivity contribution in [2.45, 2.75) is 58.3 Å². The standard InChI is InChI=1S/C20H20O3/c1-11-18-16(13-7-4-5-9-17(13)22-18)10-15-12-6-2-3-8-14(12)20(21)23-19(11)15/h10H,2-9H2,1H3. The van der Waals surface area contributed by atoms with Crippen LogP contribution in [0, 0.1) is 6.92 Å². The monoisotopic (exact) mass is 308 g/mol. The van der Waals surface area contributed by atoms with E-state index in [0.29, 0.717) is 0 Å². The van der Waals surface area contributed by atoms with E-state index in [0.717, 1.165) is 72.0 Å². The maximum atomic E-state index is 12.4. The molecule has 0 saturated carbocycles. The maximum absolute atomic E-state index is 12.4. The van der Waals surface area contributed by atoms with E-state index < -0.39 is 0 Å². The van der Waals surface area contributed by atoms with Gasteiger partial charge < -0.3 is 8.83 Å². The molecule has 3 heteroatoms. The number of rotatable bonds is 0. The summed E-state index contributed by atoms with van der Waals surface area (Å²) in [7, 11) is 0. The van der Waals surface area contributed by atoms with Gasteiger partial charge in [-0.2, -0.15) is 0 Å². The fraction of sp³-hybridized carbons (Fsp3) is 0.450. The van der Waals surface area contributed by atoms with Gasteiger partial charge >= 0.3 is 5.63 Å². The Hall–Kier alpha value is -2.03. The largest absolute Gasteiger partial charge is 0.460 e. The van der Waals surface area contributed by atoms with Gasteiger partial charge in [-0.3, -0.25) is 0 Å². The van der Waals surface area contributed by atoms with Crippen LogP contribution in [0.2, 0.25) is 0 Å². The second-order valence-corrected chi connectivity index (χ2v) is 7.02. The molecule has 2 aliphatic carbocycles. The molecule has 3 nitrogen and oxygen atoms in total. The fourth-order valence-corrected chi connectivity index (χ4v) is 4.47. The molecule has 0 saturated heterocycles. The zero-order chi connectivity index (χ0) is 15.6. The van der Waals surface area contributed by atoms with Gasteiger partial charge in [0.2, 0.25) is 0 Å². The first-order valence-electron chi connectivity index (χ1n) is 8.76. The van der Waals surface area contributed by atoms with Gasteiger partial charge in [-0.25, -0.2) is 4.79 Å². The van der Waals surface area contributed by atoms with E-state index in [2.05, 4.69) is 6.07 Å². The highest BCUT2D eigenvalue weighted by Gasteiger charge is 2.24. The highest BCUT2D eigenvalue weighted by Crippen LogP contribution is 2.38. The summed E-state index contributed by atoms with van der Waals surface area (Å²) in [6.07, 6.45) is 8.67. The summed E-state index contributed by atoms with van der Waals surface area (Å²) >= 11 is 0. The molecule has 1 aromatic carbocycles. The lowest BCUT2D eigenvalue weighted by Crippen LogP contribution is -2.16. The zero-order valence-corrected chi connectivity index (χ0v) is 13.5. The first-order chi connectivity index (χ1) is 11.2. The Kier molecular flexibility index (Phi) is 2.76. The van der Waals surface area contributed by atoms with Gasteiger partial charge in [-0.1, -0.05) is 0 Å². The van der Waals surface area contributed by atoms with Crippen LogP contribution in [-0.4, -0.2) is 0 Å². The summed E-state index contributed by atoms with van der Waals surface area (Å²) in [5.74, 6) is 1.14. The minimum atomic E-state index is -0.147. The Bertz CT molecular complexity index is 1000. The summed E-state index contributed by atoms with van der Waals surface area (Å²) in [6.45, 7) is 2.03. The predicted octanol–water partition coefficient (Wildman–Crippen LogP) is 4.61. The lowest BCUT2D eigenvalue weighted by Gasteiger charge is -2.17. The van der Waals surface area contributed by atoms with Crippen LogP contribution in [0.25, 0.3) is 21.9 Å². The van der Waals surface area contributed by atoms with Crippen molar-refractivity contribution in [3.05, 3.63) is 44.5 Å². The summed E-state index contributed by atoms with van der Waals surface area (Å²) < 4.78 is 11.9. The third-order valence-electron chi connectivity index (χ3n) is 5.66. The molecule has 0 radical (unpaired) electrons. The van der Waals surface area contributed by atoms with E-state index in [1.807, 2.05) is 6.92 Å². The molecular formula is C20H20O3. The summed E-state index contributed by atoms with van der Waals surface area (Å²) in [4.78, 5) is 12.4. The van der Waals surface area contributed by atoms with Gasteiger partial charge in [0.05, 0.1) is 0 Å². The smallest absolute Gasteiger partial charge is 0.339 e. The van der Waals surface area contributed by atoms with Crippen molar-refractivity contribution in [1.82, 2.24) is 0 Å². The van der Waals surface area contributed by atoms with Crippen LogP contribution < -0.4 is 5.63 Å². The molecule has 0 bridgehead atoms. The van der Waals surface area contributed by atoms with Crippen molar-refractivity contribution < 1.29 is 8.83 Å². The third-order valence-corrected chi connectivity index (χ3v) is 5.66. The number of benzene rings is 1. The zero-order valence-electron chi connectivity index (χ0n) is 13.5. The first kappa shape index (κ1) is 13.4. The number of furan rings is 1. The van der Waals surface area contributed by atoms with E-state index >= 15 is 0 Å². The normalized spacial score (nSPS) is 17.4. The number of aryl methyl sites for hydroxylation is 4. The van der Waals surface area contributed by atoms with Gasteiger partial charge in [-0.15, -0.1) is 0 Å². The maximum Gasteiger partial charge on any atom is 0.339 e. The number of fused-ring (bicyclic) bond motifs is 6. The average Bonchev–Trinajstić information content (AvgIpc) is 2.96. The fourth-order valence-electron chi connectivity index (χ4n) is 4.47. The molecule has 0 spiro atoms. The van der Waals surface area contributed by atoms with Gasteiger partial charge in [0, 0.05) is 33.9 Å². The minimum absolute atomic E-state index is 0.147. The lowest BCUT2D eigenvalue weighted by molar-refractivity contribution is 0.502. The predicted molar refractivity (Wildman–Crippen MR) is 90.3 cm³/mol. The molecule has 2 aliphatic rings. The van der Waals surface area contributed by atoms with Crippen molar-refractivity contribution >= 4 is 21.9 Å². The molecule has 118 valence electrons. The van der Waals surface area contributed by atoms with Crippen LogP contribution in [0.4, 0.5) is 0 Å². The Morgan fingerprint density at radius 2 is 1.39 bits per heavy atom. The van der Waals surface area contributed by atoms with E-state index in [4.69, 9.17) is 8.83 Å². The van der Waals surface area contributed by atoms with Crippen molar-refractivity contribution in [2.75, 3.05) is 0 Å². The Labute approximate surface area is 134 Å². The van der Waals surface area contributed by atoms with Crippen molar-refractivity contribution in [3.8, 4) is 0 Å². The lowest BCUT2D eigenvalue weighted by atomic mass is 9.88. The average molecular weight is 308 g/mol. The van der Waals surface area contributed by atoms with Crippen molar-refractivity contribution in [2.24, 2.45) is 0 Å². The number of hydrogen-bond donors (Lipinski definition) is 0. The van der Waals surface area contributed by atoms with Crippen molar-refractivity contribution in [3.63, 3.8) is 0 Å². The highest BCUT2D eigenvalue weighted by atomic mass is 16.4. The van der Waals surface area contributed by atoms with Crippen molar-refractivity contribution in [1.29, 1.82) is 0 Å². The Balaban J connectivity index is 1.94. The Morgan fingerprint density at radius 3 is 2.22 bits per heavy atom. The van der Waals surface area contributed by atoms with Gasteiger partial charge in [-0.05, 0) is 63.5 Å².